The van der Waals surface area contributed by atoms with Crippen LogP contribution in [0.1, 0.15) is 42.1 Å². The molecule has 108 valence electrons. The van der Waals surface area contributed by atoms with Crippen molar-refractivity contribution in [2.75, 3.05) is 0 Å². The quantitative estimate of drug-likeness (QED) is 0.868. The number of hydrogen-bond donors (Lipinski definition) is 0. The largest absolute Gasteiger partial charge is 0.435 e. The van der Waals surface area contributed by atoms with Crippen molar-refractivity contribution in [3.05, 3.63) is 35.4 Å². The molecule has 4 nitrogen and oxygen atoms in total. The fourth-order valence-corrected chi connectivity index (χ4v) is 2.38. The zero-order valence-electron chi connectivity index (χ0n) is 11.1. The molecule has 0 unspecified atom stereocenters. The summed E-state index contributed by atoms with van der Waals surface area (Å²) in [5.41, 5.74) is 0.802. The lowest BCUT2D eigenvalue weighted by molar-refractivity contribution is -0.141. The van der Waals surface area contributed by atoms with Gasteiger partial charge < -0.3 is 0 Å². The molecule has 0 aliphatic heterocycles. The molecule has 3 rings (SSSR count). The normalized spacial score (nSPS) is 16.4. The van der Waals surface area contributed by atoms with Gasteiger partial charge in [0.05, 0.1) is 18.4 Å². The molecule has 0 N–H and O–H groups in total. The molecule has 2 aromatic heterocycles. The lowest BCUT2D eigenvalue weighted by Gasteiger charge is -2.23. The number of rotatable bonds is 3. The summed E-state index contributed by atoms with van der Waals surface area (Å²) in [6.07, 6.45) is 2.92. The summed E-state index contributed by atoms with van der Waals surface area (Å²) >= 11 is 0. The van der Waals surface area contributed by atoms with E-state index >= 15 is 0 Å². The third-order valence-corrected chi connectivity index (χ3v) is 3.82. The highest BCUT2D eigenvalue weighted by atomic mass is 19.4. The van der Waals surface area contributed by atoms with Gasteiger partial charge in [-0.25, -0.2) is 0 Å². The minimum atomic E-state index is -4.41. The highest BCUT2D eigenvalue weighted by Gasteiger charge is 2.34. The molecule has 0 amide bonds. The van der Waals surface area contributed by atoms with Gasteiger partial charge in [0.1, 0.15) is 0 Å². The Balaban J connectivity index is 1.77. The fourth-order valence-electron chi connectivity index (χ4n) is 2.38. The van der Waals surface area contributed by atoms with Crippen LogP contribution >= 0.6 is 0 Å². The topological polar surface area (TPSA) is 35.6 Å². The molecular formula is C13H15F3N4. The van der Waals surface area contributed by atoms with Crippen LogP contribution in [-0.2, 0) is 19.8 Å². The Hall–Kier alpha value is -1.79. The van der Waals surface area contributed by atoms with Crippen molar-refractivity contribution >= 4 is 0 Å². The van der Waals surface area contributed by atoms with Crippen LogP contribution in [0.5, 0.6) is 0 Å². The van der Waals surface area contributed by atoms with Gasteiger partial charge in [-0.2, -0.15) is 23.4 Å². The Kier molecular flexibility index (Phi) is 3.07. The molecule has 1 fully saturated rings. The van der Waals surface area contributed by atoms with E-state index in [1.165, 1.54) is 36.6 Å². The van der Waals surface area contributed by atoms with Crippen LogP contribution in [0.15, 0.2) is 18.5 Å². The zero-order valence-corrected chi connectivity index (χ0v) is 11.1. The van der Waals surface area contributed by atoms with Crippen LogP contribution in [0.4, 0.5) is 13.2 Å². The van der Waals surface area contributed by atoms with E-state index in [9.17, 15) is 13.2 Å². The van der Waals surface area contributed by atoms with E-state index in [1.807, 2.05) is 12.4 Å². The van der Waals surface area contributed by atoms with Crippen molar-refractivity contribution in [2.45, 2.75) is 37.9 Å². The summed E-state index contributed by atoms with van der Waals surface area (Å²) in [5.74, 6) is 0.570. The van der Waals surface area contributed by atoms with Gasteiger partial charge in [-0.15, -0.1) is 0 Å². The molecule has 1 aliphatic carbocycles. The standard InChI is InChI=1S/C13H15F3N4/c1-19-11(5-12(18-19)13(14,15)16)8-20-7-10(6-17-20)9-3-2-4-9/h5-7,9H,2-4,8H2,1H3. The molecule has 0 radical (unpaired) electrons. The molecule has 20 heavy (non-hydrogen) atoms. The Morgan fingerprint density at radius 3 is 2.65 bits per heavy atom. The Labute approximate surface area is 114 Å². The second-order valence-corrected chi connectivity index (χ2v) is 5.24. The van der Waals surface area contributed by atoms with Gasteiger partial charge in [-0.1, -0.05) is 6.42 Å². The van der Waals surface area contributed by atoms with Crippen LogP contribution in [0.3, 0.4) is 0 Å². The first-order chi connectivity index (χ1) is 9.43. The van der Waals surface area contributed by atoms with Gasteiger partial charge >= 0.3 is 6.18 Å². The van der Waals surface area contributed by atoms with Crippen LogP contribution in [0.25, 0.3) is 0 Å². The van der Waals surface area contributed by atoms with Crippen molar-refractivity contribution < 1.29 is 13.2 Å². The van der Waals surface area contributed by atoms with E-state index in [-0.39, 0.29) is 0 Å². The lowest BCUT2D eigenvalue weighted by atomic mass is 9.81. The Morgan fingerprint density at radius 1 is 1.35 bits per heavy atom. The number of hydrogen-bond acceptors (Lipinski definition) is 2. The van der Waals surface area contributed by atoms with E-state index in [1.54, 1.807) is 4.68 Å². The van der Waals surface area contributed by atoms with Crippen LogP contribution in [0.2, 0.25) is 0 Å². The van der Waals surface area contributed by atoms with E-state index < -0.39 is 11.9 Å². The van der Waals surface area contributed by atoms with Crippen molar-refractivity contribution in [3.8, 4) is 0 Å². The monoisotopic (exact) mass is 284 g/mol. The number of alkyl halides is 3. The molecule has 7 heteroatoms. The first-order valence-electron chi connectivity index (χ1n) is 6.56. The average molecular weight is 284 g/mol. The lowest BCUT2D eigenvalue weighted by Crippen LogP contribution is -2.08. The first kappa shape index (κ1) is 13.2. The molecule has 0 saturated heterocycles. The second kappa shape index (κ2) is 4.64. The highest BCUT2D eigenvalue weighted by molar-refractivity contribution is 5.16. The molecular weight excluding hydrogens is 269 g/mol. The Bertz CT molecular complexity index is 607. The third-order valence-electron chi connectivity index (χ3n) is 3.82. The van der Waals surface area contributed by atoms with Gasteiger partial charge in [0.2, 0.25) is 0 Å². The van der Waals surface area contributed by atoms with Crippen molar-refractivity contribution in [1.82, 2.24) is 19.6 Å². The van der Waals surface area contributed by atoms with Gasteiger partial charge in [0, 0.05) is 13.2 Å². The van der Waals surface area contributed by atoms with Gasteiger partial charge in [0.15, 0.2) is 5.69 Å². The molecule has 2 aromatic rings. The maximum atomic E-state index is 12.6. The molecule has 0 spiro atoms. The number of aromatic nitrogens is 4. The van der Waals surface area contributed by atoms with Crippen LogP contribution in [0, 0.1) is 0 Å². The van der Waals surface area contributed by atoms with Crippen molar-refractivity contribution in [3.63, 3.8) is 0 Å². The average Bonchev–Trinajstić information content (AvgIpc) is 2.85. The predicted octanol–water partition coefficient (Wildman–Crippen LogP) is 2.95. The van der Waals surface area contributed by atoms with Gasteiger partial charge in [0.25, 0.3) is 0 Å². The zero-order chi connectivity index (χ0) is 14.3. The summed E-state index contributed by atoms with van der Waals surface area (Å²) in [5, 5.41) is 7.72. The van der Waals surface area contributed by atoms with Crippen molar-refractivity contribution in [1.29, 1.82) is 0 Å². The maximum Gasteiger partial charge on any atom is 0.435 e. The predicted molar refractivity (Wildman–Crippen MR) is 66.1 cm³/mol. The minimum Gasteiger partial charge on any atom is -0.270 e. The van der Waals surface area contributed by atoms with E-state index in [2.05, 4.69) is 10.2 Å². The van der Waals surface area contributed by atoms with Crippen molar-refractivity contribution in [2.24, 2.45) is 7.05 Å². The first-order valence-corrected chi connectivity index (χ1v) is 6.56. The molecule has 0 aromatic carbocycles. The summed E-state index contributed by atoms with van der Waals surface area (Å²) < 4.78 is 40.7. The Morgan fingerprint density at radius 2 is 2.10 bits per heavy atom. The second-order valence-electron chi connectivity index (χ2n) is 5.24. The summed E-state index contributed by atoms with van der Waals surface area (Å²) in [6, 6.07) is 1.07. The molecule has 0 bridgehead atoms. The summed E-state index contributed by atoms with van der Waals surface area (Å²) in [6.45, 7) is 0.298. The SMILES string of the molecule is Cn1nc(C(F)(F)F)cc1Cn1cc(C2CCC2)cn1. The number of halogens is 3. The third kappa shape index (κ3) is 2.44. The van der Waals surface area contributed by atoms with E-state index in [0.717, 1.165) is 6.07 Å². The van der Waals surface area contributed by atoms with Crippen LogP contribution in [-0.4, -0.2) is 19.6 Å². The minimum absolute atomic E-state index is 0.298. The van der Waals surface area contributed by atoms with E-state index in [0.29, 0.717) is 18.2 Å². The molecule has 2 heterocycles. The van der Waals surface area contributed by atoms with Gasteiger partial charge in [-0.05, 0) is 30.4 Å². The summed E-state index contributed by atoms with van der Waals surface area (Å²) in [4.78, 5) is 0. The smallest absolute Gasteiger partial charge is 0.270 e. The molecule has 1 aliphatic rings. The highest BCUT2D eigenvalue weighted by Crippen LogP contribution is 2.36. The number of nitrogens with zero attached hydrogens (tertiary/aromatic N) is 4. The molecule has 0 atom stereocenters. The molecule has 1 saturated carbocycles. The van der Waals surface area contributed by atoms with Crippen LogP contribution < -0.4 is 0 Å². The van der Waals surface area contributed by atoms with E-state index in [4.69, 9.17) is 0 Å². The summed E-state index contributed by atoms with van der Waals surface area (Å²) in [7, 11) is 1.51. The maximum absolute atomic E-state index is 12.6. The fraction of sp³-hybridized carbons (Fsp3) is 0.538. The number of aryl methyl sites for hydroxylation is 1. The van der Waals surface area contributed by atoms with Gasteiger partial charge in [-0.3, -0.25) is 9.36 Å².